The number of hydrogen-bond acceptors (Lipinski definition) is 7. The molecule has 4 rings (SSSR count). The molecule has 0 bridgehead atoms. The summed E-state index contributed by atoms with van der Waals surface area (Å²) in [5.74, 6) is -0.287. The van der Waals surface area contributed by atoms with Gasteiger partial charge in [0.25, 0.3) is 5.91 Å². The van der Waals surface area contributed by atoms with Gasteiger partial charge in [0, 0.05) is 18.8 Å². The molecule has 0 unspecified atom stereocenters. The maximum Gasteiger partial charge on any atom is 0.262 e. The summed E-state index contributed by atoms with van der Waals surface area (Å²) in [4.78, 5) is 24.4. The number of carbonyl (C=O) groups is 2. The minimum Gasteiger partial charge on any atom is -0.482 e. The van der Waals surface area contributed by atoms with Crippen LogP contribution in [-0.4, -0.2) is 49.4 Å². The molecule has 2 N–H and O–H groups in total. The van der Waals surface area contributed by atoms with E-state index in [-0.39, 0.29) is 35.6 Å². The van der Waals surface area contributed by atoms with Crippen molar-refractivity contribution in [1.82, 2.24) is 9.46 Å². The number of benzene rings is 1. The van der Waals surface area contributed by atoms with Crippen molar-refractivity contribution in [3.63, 3.8) is 0 Å². The summed E-state index contributed by atoms with van der Waals surface area (Å²) >= 11 is 0. The number of amides is 2. The van der Waals surface area contributed by atoms with Gasteiger partial charge in [-0.15, -0.1) is 0 Å². The number of carbonyl (C=O) groups excluding carboxylic acids is 2. The van der Waals surface area contributed by atoms with Gasteiger partial charge in [-0.1, -0.05) is 5.16 Å². The quantitative estimate of drug-likeness (QED) is 0.748. The van der Waals surface area contributed by atoms with E-state index in [4.69, 9.17) is 9.26 Å². The van der Waals surface area contributed by atoms with Gasteiger partial charge in [0.05, 0.1) is 11.6 Å². The Labute approximate surface area is 173 Å². The fourth-order valence-electron chi connectivity index (χ4n) is 3.75. The molecule has 30 heavy (non-hydrogen) atoms. The largest absolute Gasteiger partial charge is 0.482 e. The molecule has 1 fully saturated rings. The first-order chi connectivity index (χ1) is 14.3. The number of nitrogens with one attached hydrogen (secondary N) is 2. The Bertz CT molecular complexity index is 1090. The number of piperidine rings is 1. The van der Waals surface area contributed by atoms with E-state index >= 15 is 0 Å². The van der Waals surface area contributed by atoms with E-state index in [1.54, 1.807) is 32.0 Å². The number of aryl methyl sites for hydroxylation is 2. The number of fused-ring (bicyclic) bond motifs is 1. The third kappa shape index (κ3) is 3.77. The Hall–Kier alpha value is -2.92. The van der Waals surface area contributed by atoms with E-state index in [1.165, 1.54) is 4.31 Å². The smallest absolute Gasteiger partial charge is 0.262 e. The minimum absolute atomic E-state index is 0.0454. The van der Waals surface area contributed by atoms with Crippen molar-refractivity contribution in [3.8, 4) is 5.75 Å². The van der Waals surface area contributed by atoms with E-state index in [2.05, 4.69) is 15.8 Å². The third-order valence-electron chi connectivity index (χ3n) is 5.20. The first-order valence-corrected chi connectivity index (χ1v) is 11.0. The lowest BCUT2D eigenvalue weighted by Gasteiger charge is -2.31. The van der Waals surface area contributed by atoms with Crippen molar-refractivity contribution < 1.29 is 27.3 Å². The van der Waals surface area contributed by atoms with Crippen molar-refractivity contribution in [1.29, 1.82) is 0 Å². The van der Waals surface area contributed by atoms with Gasteiger partial charge in [-0.05, 0) is 44.9 Å². The Kier molecular flexibility index (Phi) is 5.24. The predicted molar refractivity (Wildman–Crippen MR) is 107 cm³/mol. The Morgan fingerprint density at radius 3 is 2.87 bits per heavy atom. The molecule has 0 aliphatic carbocycles. The van der Waals surface area contributed by atoms with Crippen LogP contribution in [0.3, 0.4) is 0 Å². The lowest BCUT2D eigenvalue weighted by molar-refractivity contribution is -0.121. The Morgan fingerprint density at radius 2 is 2.13 bits per heavy atom. The molecule has 1 atom stereocenters. The third-order valence-corrected chi connectivity index (χ3v) is 7.31. The van der Waals surface area contributed by atoms with Crippen molar-refractivity contribution in [3.05, 3.63) is 29.7 Å². The summed E-state index contributed by atoms with van der Waals surface area (Å²) < 4.78 is 37.7. The second-order valence-corrected chi connectivity index (χ2v) is 9.27. The number of ether oxygens (including phenoxy) is 1. The van der Waals surface area contributed by atoms with Gasteiger partial charge in [-0.2, -0.15) is 4.31 Å². The lowest BCUT2D eigenvalue weighted by atomic mass is 9.98. The summed E-state index contributed by atoms with van der Waals surface area (Å²) in [6.45, 7) is 3.49. The maximum absolute atomic E-state index is 13.0. The zero-order valence-electron chi connectivity index (χ0n) is 16.6. The predicted octanol–water partition coefficient (Wildman–Crippen LogP) is 1.66. The normalized spacial score (nSPS) is 19.5. The first-order valence-electron chi connectivity index (χ1n) is 9.56. The highest BCUT2D eigenvalue weighted by Gasteiger charge is 2.36. The molecular weight excluding hydrogens is 412 g/mol. The lowest BCUT2D eigenvalue weighted by Crippen LogP contribution is -2.43. The maximum atomic E-state index is 13.0. The van der Waals surface area contributed by atoms with Gasteiger partial charge in [-0.3, -0.25) is 9.59 Å². The van der Waals surface area contributed by atoms with Crippen LogP contribution < -0.4 is 15.4 Å². The van der Waals surface area contributed by atoms with Gasteiger partial charge < -0.3 is 19.9 Å². The number of aromatic nitrogens is 1. The van der Waals surface area contributed by atoms with Crippen LogP contribution in [0.15, 0.2) is 27.6 Å². The van der Waals surface area contributed by atoms with Crippen LogP contribution in [0.2, 0.25) is 0 Å². The standard InChI is InChI=1S/C19H22N4O6S/c1-11-18(12(2)29-22-11)30(26,27)23-7-3-4-13(9-23)19(25)20-14-5-6-16-15(8-14)21-17(24)10-28-16/h5-6,8,13H,3-4,7,9-10H2,1-2H3,(H,20,25)(H,21,24)/t13-/m0/s1. The molecule has 0 saturated carbocycles. The Balaban J connectivity index is 1.48. The van der Waals surface area contributed by atoms with Gasteiger partial charge in [0.15, 0.2) is 12.4 Å². The highest BCUT2D eigenvalue weighted by Crippen LogP contribution is 2.32. The zero-order valence-corrected chi connectivity index (χ0v) is 17.4. The van der Waals surface area contributed by atoms with E-state index < -0.39 is 15.9 Å². The molecule has 2 aliphatic heterocycles. The minimum atomic E-state index is -3.80. The fourth-order valence-corrected chi connectivity index (χ4v) is 5.57. The summed E-state index contributed by atoms with van der Waals surface area (Å²) in [5.41, 5.74) is 1.28. The number of hydrogen-bond donors (Lipinski definition) is 2. The summed E-state index contributed by atoms with van der Waals surface area (Å²) in [7, 11) is -3.80. The molecule has 2 amide bonds. The SMILES string of the molecule is Cc1noc(C)c1S(=O)(=O)N1CCC[C@H](C(=O)Nc2ccc3c(c2)NC(=O)CO3)C1. The topological polar surface area (TPSA) is 131 Å². The van der Waals surface area contributed by atoms with Crippen LogP contribution in [0, 0.1) is 19.8 Å². The molecule has 10 nitrogen and oxygen atoms in total. The molecule has 0 spiro atoms. The van der Waals surface area contributed by atoms with E-state index in [9.17, 15) is 18.0 Å². The molecule has 0 radical (unpaired) electrons. The molecule has 2 aliphatic rings. The molecule has 1 saturated heterocycles. The zero-order chi connectivity index (χ0) is 21.5. The molecular formula is C19H22N4O6S. The molecule has 1 aromatic carbocycles. The van der Waals surface area contributed by atoms with E-state index in [0.717, 1.165) is 0 Å². The van der Waals surface area contributed by atoms with Crippen LogP contribution in [-0.2, 0) is 19.6 Å². The highest BCUT2D eigenvalue weighted by molar-refractivity contribution is 7.89. The number of anilines is 2. The summed E-state index contributed by atoms with van der Waals surface area (Å²) in [6.07, 6.45) is 1.14. The van der Waals surface area contributed by atoms with Crippen molar-refractivity contribution in [2.24, 2.45) is 5.92 Å². The van der Waals surface area contributed by atoms with Gasteiger partial charge in [0.1, 0.15) is 16.3 Å². The van der Waals surface area contributed by atoms with Gasteiger partial charge in [-0.25, -0.2) is 8.42 Å². The molecule has 160 valence electrons. The van der Waals surface area contributed by atoms with Gasteiger partial charge in [0.2, 0.25) is 15.9 Å². The fraction of sp³-hybridized carbons (Fsp3) is 0.421. The van der Waals surface area contributed by atoms with E-state index in [1.807, 2.05) is 0 Å². The average molecular weight is 434 g/mol. The van der Waals surface area contributed by atoms with Crippen molar-refractivity contribution in [2.75, 3.05) is 30.3 Å². The van der Waals surface area contributed by atoms with Crippen LogP contribution in [0.1, 0.15) is 24.3 Å². The van der Waals surface area contributed by atoms with Crippen molar-refractivity contribution in [2.45, 2.75) is 31.6 Å². The second-order valence-electron chi connectivity index (χ2n) is 7.39. The van der Waals surface area contributed by atoms with Crippen LogP contribution in [0.4, 0.5) is 11.4 Å². The Morgan fingerprint density at radius 1 is 1.33 bits per heavy atom. The molecule has 1 aromatic heterocycles. The van der Waals surface area contributed by atoms with Crippen LogP contribution in [0.5, 0.6) is 5.75 Å². The monoisotopic (exact) mass is 434 g/mol. The molecule has 3 heterocycles. The van der Waals surface area contributed by atoms with Gasteiger partial charge >= 0.3 is 0 Å². The number of sulfonamides is 1. The second kappa shape index (κ2) is 7.73. The molecule has 11 heteroatoms. The first kappa shape index (κ1) is 20.4. The average Bonchev–Trinajstić information content (AvgIpc) is 3.06. The number of rotatable bonds is 4. The van der Waals surface area contributed by atoms with Crippen molar-refractivity contribution >= 4 is 33.2 Å². The number of nitrogens with zero attached hydrogens (tertiary/aromatic N) is 2. The molecule has 2 aromatic rings. The van der Waals surface area contributed by atoms with Crippen LogP contribution >= 0.6 is 0 Å². The van der Waals surface area contributed by atoms with E-state index in [0.29, 0.717) is 42.2 Å². The summed E-state index contributed by atoms with van der Waals surface area (Å²) in [5, 5.41) is 9.22. The van der Waals surface area contributed by atoms with Crippen LogP contribution in [0.25, 0.3) is 0 Å². The summed E-state index contributed by atoms with van der Waals surface area (Å²) in [6, 6.07) is 4.96. The highest BCUT2D eigenvalue weighted by atomic mass is 32.2.